The van der Waals surface area contributed by atoms with Crippen molar-refractivity contribution in [2.24, 2.45) is 0 Å². The number of rotatable bonds is 5. The van der Waals surface area contributed by atoms with Gasteiger partial charge in [0.05, 0.1) is 12.1 Å². The number of nitrogens with zero attached hydrogens (tertiary/aromatic N) is 2. The number of benzene rings is 1. The molecule has 1 unspecified atom stereocenters. The van der Waals surface area contributed by atoms with Crippen LogP contribution < -0.4 is 4.74 Å². The summed E-state index contributed by atoms with van der Waals surface area (Å²) < 4.78 is 11.0. The second kappa shape index (κ2) is 6.17. The van der Waals surface area contributed by atoms with Crippen molar-refractivity contribution in [2.45, 2.75) is 20.0 Å². The first kappa shape index (κ1) is 13.3. The lowest BCUT2D eigenvalue weighted by Crippen LogP contribution is -2.20. The molecule has 4 heteroatoms. The number of pyridine rings is 1. The highest BCUT2D eigenvalue weighted by atomic mass is 16.5. The molecule has 0 aliphatic heterocycles. The molecular formula is C15H16N2O2. The van der Waals surface area contributed by atoms with Gasteiger partial charge in [0.15, 0.2) is 0 Å². The van der Waals surface area contributed by atoms with Gasteiger partial charge in [0.1, 0.15) is 17.7 Å². The van der Waals surface area contributed by atoms with Crippen LogP contribution in [0.1, 0.15) is 19.4 Å². The third-order valence-corrected chi connectivity index (χ3v) is 2.68. The topological polar surface area (TPSA) is 55.1 Å². The van der Waals surface area contributed by atoms with Crippen LogP contribution in [0.15, 0.2) is 30.3 Å². The van der Waals surface area contributed by atoms with Crippen molar-refractivity contribution in [3.8, 4) is 11.9 Å². The third-order valence-electron chi connectivity index (χ3n) is 2.68. The van der Waals surface area contributed by atoms with Gasteiger partial charge < -0.3 is 9.47 Å². The van der Waals surface area contributed by atoms with Gasteiger partial charge >= 0.3 is 0 Å². The predicted molar refractivity (Wildman–Crippen MR) is 73.0 cm³/mol. The van der Waals surface area contributed by atoms with Crippen molar-refractivity contribution in [2.75, 3.05) is 13.2 Å². The Hall–Kier alpha value is -2.12. The van der Waals surface area contributed by atoms with Gasteiger partial charge in [-0.1, -0.05) is 18.2 Å². The van der Waals surface area contributed by atoms with Crippen molar-refractivity contribution in [3.05, 3.63) is 35.9 Å². The van der Waals surface area contributed by atoms with Crippen LogP contribution in [0.4, 0.5) is 0 Å². The van der Waals surface area contributed by atoms with E-state index in [1.54, 1.807) is 6.07 Å². The van der Waals surface area contributed by atoms with E-state index in [0.29, 0.717) is 24.7 Å². The Morgan fingerprint density at radius 2 is 2.16 bits per heavy atom. The molecule has 2 rings (SSSR count). The Bertz CT molecular complexity index is 605. The highest BCUT2D eigenvalue weighted by Crippen LogP contribution is 2.22. The summed E-state index contributed by atoms with van der Waals surface area (Å²) in [6, 6.07) is 11.6. The number of nitriles is 1. The fourth-order valence-corrected chi connectivity index (χ4v) is 1.78. The summed E-state index contributed by atoms with van der Waals surface area (Å²) in [6.07, 6.45) is -0.138. The summed E-state index contributed by atoms with van der Waals surface area (Å²) >= 11 is 0. The van der Waals surface area contributed by atoms with E-state index < -0.39 is 0 Å². The lowest BCUT2D eigenvalue weighted by atomic mass is 10.1. The zero-order chi connectivity index (χ0) is 13.7. The fraction of sp³-hybridized carbons (Fsp3) is 0.333. The minimum Gasteiger partial charge on any atom is -0.471 e. The molecule has 2 aromatic rings. The van der Waals surface area contributed by atoms with E-state index in [9.17, 15) is 0 Å². The number of aromatic nitrogens is 1. The number of fused-ring (bicyclic) bond motifs is 1. The molecule has 0 spiro atoms. The molecule has 0 fully saturated rings. The molecule has 0 N–H and O–H groups in total. The number of hydrogen-bond acceptors (Lipinski definition) is 4. The average molecular weight is 256 g/mol. The molecule has 1 heterocycles. The second-order valence-corrected chi connectivity index (χ2v) is 4.23. The van der Waals surface area contributed by atoms with Crippen LogP contribution in [0.2, 0.25) is 0 Å². The summed E-state index contributed by atoms with van der Waals surface area (Å²) in [4.78, 5) is 4.39. The van der Waals surface area contributed by atoms with Crippen LogP contribution in [-0.4, -0.2) is 24.3 Å². The number of para-hydroxylation sites is 1. The Balaban J connectivity index is 2.28. The minimum atomic E-state index is -0.138. The summed E-state index contributed by atoms with van der Waals surface area (Å²) in [5.41, 5.74) is 1.27. The Morgan fingerprint density at radius 1 is 1.37 bits per heavy atom. The van der Waals surface area contributed by atoms with Crippen molar-refractivity contribution in [1.29, 1.82) is 5.26 Å². The molecule has 1 aromatic carbocycles. The molecule has 0 radical (unpaired) electrons. The van der Waals surface area contributed by atoms with E-state index in [1.807, 2.05) is 38.1 Å². The molecule has 98 valence electrons. The quantitative estimate of drug-likeness (QED) is 0.825. The fourth-order valence-electron chi connectivity index (χ4n) is 1.78. The van der Waals surface area contributed by atoms with E-state index in [4.69, 9.17) is 14.7 Å². The average Bonchev–Trinajstić information content (AvgIpc) is 2.44. The molecule has 1 aromatic heterocycles. The molecular weight excluding hydrogens is 240 g/mol. The summed E-state index contributed by atoms with van der Waals surface area (Å²) in [5, 5.41) is 10.1. The maximum atomic E-state index is 9.17. The molecule has 0 aliphatic rings. The van der Waals surface area contributed by atoms with E-state index in [2.05, 4.69) is 11.1 Å². The standard InChI is InChI=1S/C15H16N2O2/c1-3-18-10-11(2)19-15-13(9-16)8-12-6-4-5-7-14(12)17-15/h4-8,11H,3,10H2,1-2H3. The van der Waals surface area contributed by atoms with Crippen LogP contribution in [0.5, 0.6) is 5.88 Å². The van der Waals surface area contributed by atoms with E-state index in [-0.39, 0.29) is 6.10 Å². The number of hydrogen-bond donors (Lipinski definition) is 0. The zero-order valence-corrected chi connectivity index (χ0v) is 11.1. The maximum Gasteiger partial charge on any atom is 0.232 e. The van der Waals surface area contributed by atoms with Crippen molar-refractivity contribution in [1.82, 2.24) is 4.98 Å². The summed E-state index contributed by atoms with van der Waals surface area (Å²) in [5.74, 6) is 0.369. The molecule has 4 nitrogen and oxygen atoms in total. The lowest BCUT2D eigenvalue weighted by molar-refractivity contribution is 0.0634. The van der Waals surface area contributed by atoms with Crippen molar-refractivity contribution < 1.29 is 9.47 Å². The van der Waals surface area contributed by atoms with Gasteiger partial charge in [0.2, 0.25) is 5.88 Å². The normalized spacial score (nSPS) is 12.1. The smallest absolute Gasteiger partial charge is 0.232 e. The minimum absolute atomic E-state index is 0.138. The first-order valence-electron chi connectivity index (χ1n) is 6.29. The van der Waals surface area contributed by atoms with Crippen LogP contribution >= 0.6 is 0 Å². The summed E-state index contributed by atoms with van der Waals surface area (Å²) in [7, 11) is 0. The maximum absolute atomic E-state index is 9.17. The van der Waals surface area contributed by atoms with Gasteiger partial charge in [0, 0.05) is 12.0 Å². The van der Waals surface area contributed by atoms with E-state index in [1.165, 1.54) is 0 Å². The monoisotopic (exact) mass is 256 g/mol. The van der Waals surface area contributed by atoms with Crippen LogP contribution in [0.25, 0.3) is 10.9 Å². The van der Waals surface area contributed by atoms with Crippen LogP contribution in [0, 0.1) is 11.3 Å². The van der Waals surface area contributed by atoms with Crippen LogP contribution in [-0.2, 0) is 4.74 Å². The van der Waals surface area contributed by atoms with Gasteiger partial charge in [-0.25, -0.2) is 4.98 Å². The molecule has 0 saturated heterocycles. The second-order valence-electron chi connectivity index (χ2n) is 4.23. The Morgan fingerprint density at radius 3 is 2.89 bits per heavy atom. The van der Waals surface area contributed by atoms with E-state index in [0.717, 1.165) is 10.9 Å². The molecule has 0 bridgehead atoms. The van der Waals surface area contributed by atoms with Crippen molar-refractivity contribution in [3.63, 3.8) is 0 Å². The van der Waals surface area contributed by atoms with E-state index >= 15 is 0 Å². The van der Waals surface area contributed by atoms with Gasteiger partial charge in [-0.2, -0.15) is 5.26 Å². The largest absolute Gasteiger partial charge is 0.471 e. The molecule has 0 aliphatic carbocycles. The number of ether oxygens (including phenoxy) is 2. The van der Waals surface area contributed by atoms with Crippen molar-refractivity contribution >= 4 is 10.9 Å². The van der Waals surface area contributed by atoms with Gasteiger partial charge in [-0.05, 0) is 26.0 Å². The molecule has 0 saturated carbocycles. The lowest BCUT2D eigenvalue weighted by Gasteiger charge is -2.15. The predicted octanol–water partition coefficient (Wildman–Crippen LogP) is 2.91. The highest BCUT2D eigenvalue weighted by molar-refractivity contribution is 5.80. The third kappa shape index (κ3) is 3.21. The van der Waals surface area contributed by atoms with Gasteiger partial charge in [0.25, 0.3) is 0 Å². The van der Waals surface area contributed by atoms with Gasteiger partial charge in [-0.3, -0.25) is 0 Å². The van der Waals surface area contributed by atoms with Gasteiger partial charge in [-0.15, -0.1) is 0 Å². The first-order chi connectivity index (χ1) is 9.24. The highest BCUT2D eigenvalue weighted by Gasteiger charge is 2.11. The zero-order valence-electron chi connectivity index (χ0n) is 11.1. The summed E-state index contributed by atoms with van der Waals surface area (Å²) in [6.45, 7) is 4.95. The van der Waals surface area contributed by atoms with Crippen LogP contribution in [0.3, 0.4) is 0 Å². The Labute approximate surface area is 112 Å². The Kier molecular flexibility index (Phi) is 4.32. The SMILES string of the molecule is CCOCC(C)Oc1nc2ccccc2cc1C#N. The molecule has 0 amide bonds. The molecule has 1 atom stereocenters. The molecule has 19 heavy (non-hydrogen) atoms. The first-order valence-corrected chi connectivity index (χ1v) is 6.29.